The molecule has 0 unspecified atom stereocenters. The summed E-state index contributed by atoms with van der Waals surface area (Å²) in [4.78, 5) is 16.6. The molecule has 0 saturated carbocycles. The van der Waals surface area contributed by atoms with E-state index in [1.54, 1.807) is 25.7 Å². The Hall–Kier alpha value is -3.06. The fourth-order valence-corrected chi connectivity index (χ4v) is 2.53. The second-order valence-electron chi connectivity index (χ2n) is 5.89. The molecule has 0 saturated heterocycles. The molecule has 1 amide bonds. The van der Waals surface area contributed by atoms with Crippen molar-refractivity contribution in [2.75, 3.05) is 13.7 Å². The van der Waals surface area contributed by atoms with Crippen molar-refractivity contribution in [3.8, 4) is 11.3 Å². The van der Waals surface area contributed by atoms with Crippen molar-refractivity contribution >= 4 is 5.91 Å². The second-order valence-corrected chi connectivity index (χ2v) is 5.89. The first kappa shape index (κ1) is 17.8. The summed E-state index contributed by atoms with van der Waals surface area (Å²) >= 11 is 0. The third-order valence-electron chi connectivity index (χ3n) is 3.98. The van der Waals surface area contributed by atoms with Crippen LogP contribution in [0.4, 0.5) is 0 Å². The number of rotatable bonds is 7. The van der Waals surface area contributed by atoms with E-state index in [9.17, 15) is 4.79 Å². The van der Waals surface area contributed by atoms with Crippen LogP contribution in [-0.2, 0) is 17.8 Å². The van der Waals surface area contributed by atoms with Crippen LogP contribution in [0.15, 0.2) is 48.9 Å². The van der Waals surface area contributed by atoms with E-state index in [0.29, 0.717) is 25.3 Å². The number of benzene rings is 1. The number of nitrogens with one attached hydrogen (secondary N) is 1. The summed E-state index contributed by atoms with van der Waals surface area (Å²) in [5.41, 5.74) is 3.95. The normalized spacial score (nSPS) is 10.7. The highest BCUT2D eigenvalue weighted by Crippen LogP contribution is 2.17. The molecule has 0 bridgehead atoms. The van der Waals surface area contributed by atoms with Gasteiger partial charge in [0, 0.05) is 31.0 Å². The van der Waals surface area contributed by atoms with Crippen molar-refractivity contribution in [1.29, 1.82) is 0 Å². The van der Waals surface area contributed by atoms with E-state index in [2.05, 4.69) is 20.5 Å². The molecular weight excluding hydrogens is 330 g/mol. The zero-order valence-electron chi connectivity index (χ0n) is 14.8. The minimum atomic E-state index is -0.147. The first-order valence-electron chi connectivity index (χ1n) is 8.34. The molecule has 0 radical (unpaired) electrons. The predicted octanol–water partition coefficient (Wildman–Crippen LogP) is 2.22. The Balaban J connectivity index is 1.68. The first-order valence-corrected chi connectivity index (χ1v) is 8.34. The van der Waals surface area contributed by atoms with Gasteiger partial charge in [0.1, 0.15) is 0 Å². The van der Waals surface area contributed by atoms with Gasteiger partial charge in [0.15, 0.2) is 0 Å². The predicted molar refractivity (Wildman–Crippen MR) is 97.5 cm³/mol. The molecule has 0 fully saturated rings. The molecule has 3 aromatic rings. The molecule has 0 aliphatic carbocycles. The Morgan fingerprint density at radius 2 is 2.12 bits per heavy atom. The average molecular weight is 351 g/mol. The van der Waals surface area contributed by atoms with Gasteiger partial charge in [-0.05, 0) is 31.2 Å². The molecule has 3 rings (SSSR count). The summed E-state index contributed by atoms with van der Waals surface area (Å²) in [6.45, 7) is 3.58. The summed E-state index contributed by atoms with van der Waals surface area (Å²) in [5.74, 6) is -0.147. The van der Waals surface area contributed by atoms with Gasteiger partial charge in [0.25, 0.3) is 5.91 Å². The van der Waals surface area contributed by atoms with Gasteiger partial charge in [-0.25, -0.2) is 4.98 Å². The van der Waals surface area contributed by atoms with Gasteiger partial charge < -0.3 is 14.6 Å². The molecule has 7 heteroatoms. The molecule has 0 aliphatic heterocycles. The topological polar surface area (TPSA) is 81.9 Å². The second kappa shape index (κ2) is 8.35. The molecule has 0 spiro atoms. The van der Waals surface area contributed by atoms with Crippen molar-refractivity contribution in [2.24, 2.45) is 0 Å². The number of carbonyl (C=O) groups excluding carboxylic acids is 1. The minimum absolute atomic E-state index is 0.147. The molecule has 7 nitrogen and oxygen atoms in total. The van der Waals surface area contributed by atoms with E-state index < -0.39 is 0 Å². The lowest BCUT2D eigenvalue weighted by Crippen LogP contribution is -2.24. The van der Waals surface area contributed by atoms with Crippen molar-refractivity contribution in [3.63, 3.8) is 0 Å². The zero-order valence-corrected chi connectivity index (χ0v) is 14.8. The van der Waals surface area contributed by atoms with Gasteiger partial charge in [-0.15, -0.1) is 0 Å². The Kier molecular flexibility index (Phi) is 5.70. The van der Waals surface area contributed by atoms with E-state index in [1.807, 2.05) is 41.8 Å². The maximum absolute atomic E-state index is 12.5. The number of aryl methyl sites for hydroxylation is 1. The average Bonchev–Trinajstić information content (AvgIpc) is 3.12. The number of imidazole rings is 1. The maximum atomic E-state index is 12.5. The van der Waals surface area contributed by atoms with E-state index >= 15 is 0 Å². The standard InChI is InChI=1S/C19H21N5O2/c1-14-6-7-18(23-22-14)15-4-3-5-16(10-15)19(25)21-12-17-11-20-13-24(17)8-9-26-2/h3-7,10-11,13H,8-9,12H2,1-2H3,(H,21,25). The van der Waals surface area contributed by atoms with Crippen LogP contribution in [0.3, 0.4) is 0 Å². The van der Waals surface area contributed by atoms with Crippen LogP contribution in [0.25, 0.3) is 11.3 Å². The Morgan fingerprint density at radius 3 is 2.88 bits per heavy atom. The highest BCUT2D eigenvalue weighted by molar-refractivity contribution is 5.95. The molecule has 2 aromatic heterocycles. The number of methoxy groups -OCH3 is 1. The Labute approximate surface area is 152 Å². The summed E-state index contributed by atoms with van der Waals surface area (Å²) in [6.07, 6.45) is 3.48. The third-order valence-corrected chi connectivity index (χ3v) is 3.98. The third kappa shape index (κ3) is 4.31. The van der Waals surface area contributed by atoms with E-state index in [1.165, 1.54) is 0 Å². The van der Waals surface area contributed by atoms with Crippen LogP contribution in [0.1, 0.15) is 21.7 Å². The van der Waals surface area contributed by atoms with Crippen LogP contribution in [0, 0.1) is 6.92 Å². The van der Waals surface area contributed by atoms with Gasteiger partial charge in [0.05, 0.1) is 36.6 Å². The van der Waals surface area contributed by atoms with E-state index in [-0.39, 0.29) is 5.91 Å². The van der Waals surface area contributed by atoms with Crippen molar-refractivity contribution < 1.29 is 9.53 Å². The lowest BCUT2D eigenvalue weighted by atomic mass is 10.1. The van der Waals surface area contributed by atoms with Crippen molar-refractivity contribution in [1.82, 2.24) is 25.1 Å². The molecule has 0 atom stereocenters. The van der Waals surface area contributed by atoms with Crippen LogP contribution in [0.5, 0.6) is 0 Å². The number of hydrogen-bond acceptors (Lipinski definition) is 5. The highest BCUT2D eigenvalue weighted by atomic mass is 16.5. The smallest absolute Gasteiger partial charge is 0.251 e. The Bertz CT molecular complexity index is 874. The number of aromatic nitrogens is 4. The van der Waals surface area contributed by atoms with Crippen molar-refractivity contribution in [3.05, 3.63) is 65.9 Å². The quantitative estimate of drug-likeness (QED) is 0.706. The molecule has 0 aliphatic rings. The van der Waals surface area contributed by atoms with E-state index in [4.69, 9.17) is 4.74 Å². The van der Waals surface area contributed by atoms with Crippen molar-refractivity contribution in [2.45, 2.75) is 20.0 Å². The fraction of sp³-hybridized carbons (Fsp3) is 0.263. The van der Waals surface area contributed by atoms with Crippen LogP contribution >= 0.6 is 0 Å². The van der Waals surface area contributed by atoms with Gasteiger partial charge in [-0.1, -0.05) is 12.1 Å². The molecule has 2 heterocycles. The SMILES string of the molecule is COCCn1cncc1CNC(=O)c1cccc(-c2ccc(C)nn2)c1. The van der Waals surface area contributed by atoms with Crippen LogP contribution < -0.4 is 5.32 Å². The summed E-state index contributed by atoms with van der Waals surface area (Å²) in [6, 6.07) is 11.1. The van der Waals surface area contributed by atoms with Crippen LogP contribution in [0.2, 0.25) is 0 Å². The number of hydrogen-bond donors (Lipinski definition) is 1. The minimum Gasteiger partial charge on any atom is -0.383 e. The fourth-order valence-electron chi connectivity index (χ4n) is 2.53. The van der Waals surface area contributed by atoms with Gasteiger partial charge in [-0.3, -0.25) is 4.79 Å². The lowest BCUT2D eigenvalue weighted by molar-refractivity contribution is 0.0950. The summed E-state index contributed by atoms with van der Waals surface area (Å²) in [7, 11) is 1.66. The monoisotopic (exact) mass is 351 g/mol. The number of ether oxygens (including phenoxy) is 1. The van der Waals surface area contributed by atoms with Gasteiger partial charge in [-0.2, -0.15) is 10.2 Å². The maximum Gasteiger partial charge on any atom is 0.251 e. The Morgan fingerprint density at radius 1 is 1.23 bits per heavy atom. The number of carbonyl (C=O) groups is 1. The molecule has 134 valence electrons. The van der Waals surface area contributed by atoms with E-state index in [0.717, 1.165) is 22.6 Å². The van der Waals surface area contributed by atoms with Gasteiger partial charge in [0.2, 0.25) is 0 Å². The van der Waals surface area contributed by atoms with Gasteiger partial charge >= 0.3 is 0 Å². The number of nitrogens with zero attached hydrogens (tertiary/aromatic N) is 4. The molecule has 1 aromatic carbocycles. The summed E-state index contributed by atoms with van der Waals surface area (Å²) < 4.78 is 7.04. The molecule has 26 heavy (non-hydrogen) atoms. The summed E-state index contributed by atoms with van der Waals surface area (Å²) in [5, 5.41) is 11.2. The van der Waals surface area contributed by atoms with Crippen LogP contribution in [-0.4, -0.2) is 39.4 Å². The highest BCUT2D eigenvalue weighted by Gasteiger charge is 2.09. The first-order chi connectivity index (χ1) is 12.7. The lowest BCUT2D eigenvalue weighted by Gasteiger charge is -2.09. The zero-order chi connectivity index (χ0) is 18.4. The molecule has 1 N–H and O–H groups in total. The largest absolute Gasteiger partial charge is 0.383 e. The number of amides is 1. The molecular formula is C19H21N5O2.